The number of hydrogen-bond acceptors (Lipinski definition) is 4. The minimum absolute atomic E-state index is 0.0907. The number of nitrogens with one attached hydrogen (secondary N) is 1. The van der Waals surface area contributed by atoms with Gasteiger partial charge in [-0.05, 0) is 30.6 Å². The summed E-state index contributed by atoms with van der Waals surface area (Å²) in [4.78, 5) is 22.2. The van der Waals surface area contributed by atoms with E-state index in [9.17, 15) is 4.79 Å². The highest BCUT2D eigenvalue weighted by Gasteiger charge is 2.25. The average molecular weight is 245 g/mol. The molecule has 18 heavy (non-hydrogen) atoms. The van der Waals surface area contributed by atoms with Crippen molar-refractivity contribution in [3.8, 4) is 0 Å². The van der Waals surface area contributed by atoms with Crippen molar-refractivity contribution >= 4 is 23.2 Å². The highest BCUT2D eigenvalue weighted by molar-refractivity contribution is 6.11. The van der Waals surface area contributed by atoms with Crippen LogP contribution in [0, 0.1) is 6.85 Å². The molecule has 2 aromatic heterocycles. The normalized spacial score (nSPS) is 18.7. The molecule has 0 radical (unpaired) electrons. The number of fused-ring (bicyclic) bond motifs is 2. The Bertz CT molecular complexity index is 807. The molecule has 90 valence electrons. The van der Waals surface area contributed by atoms with Crippen LogP contribution in [0.2, 0.25) is 1.41 Å². The van der Waals surface area contributed by atoms with Gasteiger partial charge in [-0.15, -0.1) is 0 Å². The number of carbonyl (C=O) groups is 1. The van der Waals surface area contributed by atoms with Crippen molar-refractivity contribution in [3.05, 3.63) is 41.7 Å². The quantitative estimate of drug-likeness (QED) is 0.772. The third-order valence-electron chi connectivity index (χ3n) is 2.71. The molecule has 3 rings (SSSR count). The maximum Gasteiger partial charge on any atom is 0.259 e. The van der Waals surface area contributed by atoms with Gasteiger partial charge in [0.05, 0.1) is 12.6 Å². The molecule has 1 aliphatic rings. The summed E-state index contributed by atoms with van der Waals surface area (Å²) in [5.74, 6) is -0.361. The van der Waals surface area contributed by atoms with Gasteiger partial charge in [-0.1, -0.05) is 0 Å². The molecule has 1 N–H and O–H groups in total. The number of amides is 1. The molecule has 0 fully saturated rings. The van der Waals surface area contributed by atoms with Crippen molar-refractivity contribution in [3.63, 3.8) is 0 Å². The zero-order valence-corrected chi connectivity index (χ0v) is 9.51. The Balaban J connectivity index is 2.38. The van der Waals surface area contributed by atoms with Crippen molar-refractivity contribution in [1.82, 2.24) is 9.97 Å². The summed E-state index contributed by atoms with van der Waals surface area (Å²) in [6.07, 6.45) is 2.59. The minimum atomic E-state index is -2.66. The van der Waals surface area contributed by atoms with E-state index in [1.54, 1.807) is 13.1 Å². The molecule has 1 aliphatic heterocycles. The zero-order chi connectivity index (χ0) is 16.9. The standard InChI is InChI=1S/C13H12N4O/c1-8-5-7-15-12-10(8)16-13(18)9-4-3-6-14-11(9)17(12)2/h3-7H,1-2H3,(H,16,18)/i1D3,5D/hD. The van der Waals surface area contributed by atoms with E-state index < -0.39 is 12.8 Å². The molecule has 5 nitrogen and oxygen atoms in total. The van der Waals surface area contributed by atoms with Gasteiger partial charge < -0.3 is 10.2 Å². The van der Waals surface area contributed by atoms with Crippen molar-refractivity contribution in [2.45, 2.75) is 6.85 Å². The zero-order valence-electron chi connectivity index (χ0n) is 14.5. The Morgan fingerprint density at radius 2 is 2.28 bits per heavy atom. The van der Waals surface area contributed by atoms with Crippen molar-refractivity contribution in [1.29, 1.82) is 0 Å². The first-order valence-electron chi connectivity index (χ1n) is 7.70. The van der Waals surface area contributed by atoms with Gasteiger partial charge >= 0.3 is 0 Å². The SMILES string of the molecule is [2H]c1cnc2c(c1C([2H])([2H])[2H])N([2H])C(=O)c1cccnc1N2C. The van der Waals surface area contributed by atoms with Gasteiger partial charge in [0.15, 0.2) is 7.23 Å². The van der Waals surface area contributed by atoms with Crippen LogP contribution in [-0.2, 0) is 0 Å². The molecule has 1 amide bonds. The summed E-state index contributed by atoms with van der Waals surface area (Å²) < 4.78 is 38.9. The lowest BCUT2D eigenvalue weighted by Crippen LogP contribution is -2.14. The number of rotatable bonds is 0. The van der Waals surface area contributed by atoms with Crippen LogP contribution >= 0.6 is 0 Å². The van der Waals surface area contributed by atoms with Crippen molar-refractivity contribution < 1.29 is 11.7 Å². The molecule has 0 saturated heterocycles. The van der Waals surface area contributed by atoms with Crippen LogP contribution in [0.15, 0.2) is 30.6 Å². The maximum absolute atomic E-state index is 12.5. The molecule has 0 aliphatic carbocycles. The fraction of sp³-hybridized carbons (Fsp3) is 0.154. The Hall–Kier alpha value is -2.43. The van der Waals surface area contributed by atoms with E-state index in [1.165, 1.54) is 17.2 Å². The highest BCUT2D eigenvalue weighted by Crippen LogP contribution is 2.35. The van der Waals surface area contributed by atoms with Crippen LogP contribution in [0.4, 0.5) is 17.3 Å². The molecule has 2 aromatic rings. The number of carbonyl (C=O) groups excluding carboxylic acids is 1. The smallest absolute Gasteiger partial charge is 0.259 e. The highest BCUT2D eigenvalue weighted by atomic mass is 16.1. The fourth-order valence-corrected chi connectivity index (χ4v) is 1.84. The van der Waals surface area contributed by atoms with Crippen LogP contribution in [0.3, 0.4) is 0 Å². The number of nitrogens with zero attached hydrogens (tertiary/aromatic N) is 3. The number of anilines is 3. The van der Waals surface area contributed by atoms with Crippen molar-refractivity contribution in [2.75, 3.05) is 17.3 Å². The van der Waals surface area contributed by atoms with Gasteiger partial charge in [0.1, 0.15) is 5.82 Å². The minimum Gasteiger partial charge on any atom is -0.318 e. The van der Waals surface area contributed by atoms with Gasteiger partial charge in [0.25, 0.3) is 5.91 Å². The van der Waals surface area contributed by atoms with Gasteiger partial charge in [-0.3, -0.25) is 4.79 Å². The second-order valence-electron chi connectivity index (χ2n) is 3.80. The largest absolute Gasteiger partial charge is 0.318 e. The van der Waals surface area contributed by atoms with Crippen LogP contribution in [-0.4, -0.2) is 22.9 Å². The molecule has 0 bridgehead atoms. The predicted molar refractivity (Wildman–Crippen MR) is 69.2 cm³/mol. The van der Waals surface area contributed by atoms with Crippen LogP contribution in [0.5, 0.6) is 0 Å². The second-order valence-corrected chi connectivity index (χ2v) is 3.80. The second kappa shape index (κ2) is 3.80. The molecular weight excluding hydrogens is 228 g/mol. The third kappa shape index (κ3) is 1.44. The summed E-state index contributed by atoms with van der Waals surface area (Å²) in [7, 11) is 1.58. The molecule has 0 spiro atoms. The molecule has 3 heterocycles. The Morgan fingerprint density at radius 3 is 3.11 bits per heavy atom. The predicted octanol–water partition coefficient (Wildman–Crippen LogP) is 2.12. The first-order valence-corrected chi connectivity index (χ1v) is 5.25. The summed E-state index contributed by atoms with van der Waals surface area (Å²) in [5.41, 5.74) is -0.445. The summed E-state index contributed by atoms with van der Waals surface area (Å²) >= 11 is 0. The lowest BCUT2D eigenvalue weighted by atomic mass is 10.2. The first kappa shape index (κ1) is 6.49. The van der Waals surface area contributed by atoms with E-state index in [-0.39, 0.29) is 34.5 Å². The number of pyridine rings is 2. The van der Waals surface area contributed by atoms with E-state index in [0.29, 0.717) is 5.31 Å². The molecule has 0 saturated carbocycles. The third-order valence-corrected chi connectivity index (χ3v) is 2.71. The van der Waals surface area contributed by atoms with E-state index in [2.05, 4.69) is 9.97 Å². The summed E-state index contributed by atoms with van der Waals surface area (Å²) in [6, 6.07) is 2.72. The van der Waals surface area contributed by atoms with E-state index in [1.807, 2.05) is 0 Å². The lowest BCUT2D eigenvalue weighted by molar-refractivity contribution is 0.102. The summed E-state index contributed by atoms with van der Waals surface area (Å²) in [5, 5.41) is 0.478. The number of aromatic nitrogens is 2. The van der Waals surface area contributed by atoms with E-state index >= 15 is 0 Å². The van der Waals surface area contributed by atoms with Gasteiger partial charge in [0.2, 0.25) is 0 Å². The topological polar surface area (TPSA) is 58.1 Å². The molecule has 0 aromatic carbocycles. The number of hydrogen-bond donors (Lipinski definition) is 1. The molecule has 0 unspecified atom stereocenters. The molecular formula is C13H12N4O. The van der Waals surface area contributed by atoms with Gasteiger partial charge in [-0.25, -0.2) is 9.97 Å². The fourth-order valence-electron chi connectivity index (χ4n) is 1.84. The Kier molecular flexibility index (Phi) is 1.37. The molecule has 0 atom stereocenters. The van der Waals surface area contributed by atoms with Crippen LogP contribution in [0.25, 0.3) is 0 Å². The summed E-state index contributed by atoms with van der Waals surface area (Å²) in [6.45, 7) is -2.66. The van der Waals surface area contributed by atoms with Crippen molar-refractivity contribution in [2.24, 2.45) is 0 Å². The van der Waals surface area contributed by atoms with Gasteiger partial charge in [-0.2, -0.15) is 0 Å². The Labute approximate surface area is 112 Å². The lowest BCUT2D eigenvalue weighted by Gasteiger charge is -2.18. The average Bonchev–Trinajstić information content (AvgIpc) is 2.57. The van der Waals surface area contributed by atoms with Crippen LogP contribution < -0.4 is 10.2 Å². The molecule has 5 heteroatoms. The van der Waals surface area contributed by atoms with E-state index in [0.717, 1.165) is 6.20 Å². The van der Waals surface area contributed by atoms with E-state index in [4.69, 9.17) is 6.89 Å². The first-order chi connectivity index (χ1) is 10.7. The van der Waals surface area contributed by atoms with Gasteiger partial charge in [0, 0.05) is 23.6 Å². The monoisotopic (exact) mass is 245 g/mol. The Morgan fingerprint density at radius 1 is 1.44 bits per heavy atom. The maximum atomic E-state index is 12.5. The van der Waals surface area contributed by atoms with Crippen LogP contribution in [0.1, 0.15) is 21.4 Å².